The summed E-state index contributed by atoms with van der Waals surface area (Å²) in [4.78, 5) is 2.14. The molecule has 1 saturated heterocycles. The lowest BCUT2D eigenvalue weighted by atomic mass is 10.1. The lowest BCUT2D eigenvalue weighted by molar-refractivity contribution is 0.587. The Kier molecular flexibility index (Phi) is 3.19. The number of benzene rings is 1. The van der Waals surface area contributed by atoms with Crippen molar-refractivity contribution in [3.63, 3.8) is 0 Å². The van der Waals surface area contributed by atoms with Crippen molar-refractivity contribution in [1.29, 1.82) is 0 Å². The first-order valence-corrected chi connectivity index (χ1v) is 7.47. The molecule has 1 aliphatic heterocycles. The molecule has 0 N–H and O–H groups in total. The van der Waals surface area contributed by atoms with Crippen molar-refractivity contribution in [3.8, 4) is 0 Å². The van der Waals surface area contributed by atoms with E-state index in [1.54, 1.807) is 0 Å². The van der Waals surface area contributed by atoms with Crippen molar-refractivity contribution in [1.82, 2.24) is 0 Å². The van der Waals surface area contributed by atoms with Gasteiger partial charge in [-0.1, -0.05) is 19.1 Å². The van der Waals surface area contributed by atoms with E-state index in [2.05, 4.69) is 36.1 Å². The highest BCUT2D eigenvalue weighted by Gasteiger charge is 2.21. The fourth-order valence-electron chi connectivity index (χ4n) is 1.91. The molecule has 16 heavy (non-hydrogen) atoms. The smallest absolute Gasteiger partial charge is 0.153 e. The van der Waals surface area contributed by atoms with E-state index in [1.807, 2.05) is 0 Å². The molecular weight excluding hydrogens is 222 g/mol. The first kappa shape index (κ1) is 11.5. The third-order valence-corrected chi connectivity index (χ3v) is 4.66. The predicted molar refractivity (Wildman–Crippen MR) is 66.7 cm³/mol. The molecule has 3 nitrogen and oxygen atoms in total. The van der Waals surface area contributed by atoms with Crippen molar-refractivity contribution < 1.29 is 8.42 Å². The molecule has 1 fully saturated rings. The molecule has 1 heterocycles. The van der Waals surface area contributed by atoms with Gasteiger partial charge in [0, 0.05) is 18.8 Å². The Hall–Kier alpha value is -1.03. The second-order valence-electron chi connectivity index (χ2n) is 4.16. The first-order chi connectivity index (χ1) is 7.61. The normalized spacial score (nSPS) is 19.7. The van der Waals surface area contributed by atoms with Crippen LogP contribution in [0.1, 0.15) is 12.5 Å². The molecule has 4 heteroatoms. The van der Waals surface area contributed by atoms with Gasteiger partial charge in [0.05, 0.1) is 11.5 Å². The summed E-state index contributed by atoms with van der Waals surface area (Å²) in [6.45, 7) is 3.37. The molecule has 1 aromatic carbocycles. The van der Waals surface area contributed by atoms with E-state index in [4.69, 9.17) is 0 Å². The van der Waals surface area contributed by atoms with Gasteiger partial charge in [-0.2, -0.15) is 0 Å². The summed E-state index contributed by atoms with van der Waals surface area (Å²) in [5.74, 6) is 0.561. The van der Waals surface area contributed by atoms with Crippen LogP contribution in [0.15, 0.2) is 24.3 Å². The largest absolute Gasteiger partial charge is 0.369 e. The van der Waals surface area contributed by atoms with Crippen molar-refractivity contribution in [2.45, 2.75) is 13.3 Å². The number of rotatable bonds is 2. The van der Waals surface area contributed by atoms with Gasteiger partial charge in [-0.05, 0) is 24.1 Å². The van der Waals surface area contributed by atoms with Gasteiger partial charge in [0.1, 0.15) is 0 Å². The van der Waals surface area contributed by atoms with Crippen LogP contribution in [0, 0.1) is 0 Å². The second kappa shape index (κ2) is 4.45. The number of hydrogen-bond donors (Lipinski definition) is 0. The Bertz CT molecular complexity index is 436. The van der Waals surface area contributed by atoms with E-state index in [0.717, 1.165) is 12.1 Å². The molecule has 0 unspecified atom stereocenters. The Morgan fingerprint density at radius 2 is 1.69 bits per heavy atom. The number of hydrogen-bond acceptors (Lipinski definition) is 3. The molecule has 0 amide bonds. The average Bonchev–Trinajstić information content (AvgIpc) is 2.29. The van der Waals surface area contributed by atoms with E-state index < -0.39 is 9.84 Å². The van der Waals surface area contributed by atoms with Gasteiger partial charge in [-0.15, -0.1) is 0 Å². The molecule has 0 atom stereocenters. The molecule has 0 aromatic heterocycles. The summed E-state index contributed by atoms with van der Waals surface area (Å²) in [5, 5.41) is 0. The van der Waals surface area contributed by atoms with Gasteiger partial charge in [-0.3, -0.25) is 0 Å². The van der Waals surface area contributed by atoms with Crippen molar-refractivity contribution in [3.05, 3.63) is 29.8 Å². The molecule has 0 spiro atoms. The Balaban J connectivity index is 2.08. The van der Waals surface area contributed by atoms with Gasteiger partial charge in [0.15, 0.2) is 9.84 Å². The summed E-state index contributed by atoms with van der Waals surface area (Å²) in [7, 11) is -2.78. The highest BCUT2D eigenvalue weighted by atomic mass is 32.2. The maximum absolute atomic E-state index is 11.3. The molecular formula is C12H17NO2S. The molecule has 1 aliphatic rings. The van der Waals surface area contributed by atoms with Crippen molar-refractivity contribution in [2.24, 2.45) is 0 Å². The minimum Gasteiger partial charge on any atom is -0.369 e. The maximum Gasteiger partial charge on any atom is 0.153 e. The highest BCUT2D eigenvalue weighted by molar-refractivity contribution is 7.91. The summed E-state index contributed by atoms with van der Waals surface area (Å²) >= 11 is 0. The van der Waals surface area contributed by atoms with Crippen LogP contribution in [0.5, 0.6) is 0 Å². The Morgan fingerprint density at radius 1 is 1.12 bits per heavy atom. The van der Waals surface area contributed by atoms with Crippen LogP contribution in [0.25, 0.3) is 0 Å². The van der Waals surface area contributed by atoms with Crippen LogP contribution in [0.3, 0.4) is 0 Å². The zero-order valence-corrected chi connectivity index (χ0v) is 10.3. The Morgan fingerprint density at radius 3 is 2.19 bits per heavy atom. The zero-order valence-electron chi connectivity index (χ0n) is 9.52. The fourth-order valence-corrected chi connectivity index (χ4v) is 3.11. The minimum absolute atomic E-state index is 0.280. The van der Waals surface area contributed by atoms with Crippen LogP contribution < -0.4 is 4.90 Å². The van der Waals surface area contributed by atoms with Crippen LogP contribution in [0.2, 0.25) is 0 Å². The molecule has 1 aromatic rings. The predicted octanol–water partition coefficient (Wildman–Crippen LogP) is 1.48. The summed E-state index contributed by atoms with van der Waals surface area (Å²) < 4.78 is 22.6. The van der Waals surface area contributed by atoms with Gasteiger partial charge >= 0.3 is 0 Å². The van der Waals surface area contributed by atoms with Gasteiger partial charge < -0.3 is 4.90 Å². The molecule has 2 rings (SSSR count). The van der Waals surface area contributed by atoms with E-state index >= 15 is 0 Å². The fraction of sp³-hybridized carbons (Fsp3) is 0.500. The van der Waals surface area contributed by atoms with Crippen molar-refractivity contribution in [2.75, 3.05) is 29.5 Å². The summed E-state index contributed by atoms with van der Waals surface area (Å²) in [6, 6.07) is 8.38. The van der Waals surface area contributed by atoms with Crippen LogP contribution >= 0.6 is 0 Å². The standard InChI is InChI=1S/C12H17NO2S/c1-2-11-3-5-12(6-4-11)13-7-9-16(14,15)10-8-13/h3-6H,2,7-10H2,1H3. The zero-order chi connectivity index (χ0) is 11.6. The quantitative estimate of drug-likeness (QED) is 0.784. The molecule has 0 bridgehead atoms. The number of anilines is 1. The van der Waals surface area contributed by atoms with E-state index in [1.165, 1.54) is 5.56 Å². The number of aryl methyl sites for hydroxylation is 1. The maximum atomic E-state index is 11.3. The monoisotopic (exact) mass is 239 g/mol. The second-order valence-corrected chi connectivity index (χ2v) is 6.46. The minimum atomic E-state index is -2.78. The third kappa shape index (κ3) is 2.55. The summed E-state index contributed by atoms with van der Waals surface area (Å²) in [6.07, 6.45) is 1.04. The highest BCUT2D eigenvalue weighted by Crippen LogP contribution is 2.18. The lowest BCUT2D eigenvalue weighted by Crippen LogP contribution is -2.40. The lowest BCUT2D eigenvalue weighted by Gasteiger charge is -2.28. The average molecular weight is 239 g/mol. The van der Waals surface area contributed by atoms with E-state index in [0.29, 0.717) is 13.1 Å². The SMILES string of the molecule is CCc1ccc(N2CCS(=O)(=O)CC2)cc1. The van der Waals surface area contributed by atoms with Crippen molar-refractivity contribution >= 4 is 15.5 Å². The van der Waals surface area contributed by atoms with Gasteiger partial charge in [0.25, 0.3) is 0 Å². The molecule has 0 aliphatic carbocycles. The first-order valence-electron chi connectivity index (χ1n) is 5.65. The third-order valence-electron chi connectivity index (χ3n) is 3.05. The molecule has 0 radical (unpaired) electrons. The van der Waals surface area contributed by atoms with E-state index in [-0.39, 0.29) is 11.5 Å². The molecule has 0 saturated carbocycles. The topological polar surface area (TPSA) is 37.4 Å². The van der Waals surface area contributed by atoms with Gasteiger partial charge in [-0.25, -0.2) is 8.42 Å². The Labute approximate surface area is 97.0 Å². The van der Waals surface area contributed by atoms with Crippen LogP contribution in [-0.2, 0) is 16.3 Å². The van der Waals surface area contributed by atoms with Gasteiger partial charge in [0.2, 0.25) is 0 Å². The van der Waals surface area contributed by atoms with E-state index in [9.17, 15) is 8.42 Å². The summed E-state index contributed by atoms with van der Waals surface area (Å²) in [5.41, 5.74) is 2.44. The number of sulfone groups is 1. The number of nitrogens with zero attached hydrogens (tertiary/aromatic N) is 1. The molecule has 88 valence electrons. The van der Waals surface area contributed by atoms with Crippen LogP contribution in [-0.4, -0.2) is 33.0 Å². The van der Waals surface area contributed by atoms with Crippen LogP contribution in [0.4, 0.5) is 5.69 Å².